The second-order valence-corrected chi connectivity index (χ2v) is 5.27. The number of hydrogen-bond acceptors (Lipinski definition) is 4. The molecule has 0 bridgehead atoms. The highest BCUT2D eigenvalue weighted by molar-refractivity contribution is 6.31. The van der Waals surface area contributed by atoms with E-state index in [1.165, 1.54) is 0 Å². The summed E-state index contributed by atoms with van der Waals surface area (Å²) >= 11 is 5.87. The molecule has 1 heterocycles. The van der Waals surface area contributed by atoms with Gasteiger partial charge < -0.3 is 20.5 Å². The van der Waals surface area contributed by atoms with E-state index in [1.54, 1.807) is 25.1 Å². The van der Waals surface area contributed by atoms with Crippen LogP contribution in [-0.4, -0.2) is 31.3 Å². The molecule has 3 N–H and O–H groups in total. The molecule has 1 aromatic rings. The molecule has 1 saturated heterocycles. The fourth-order valence-corrected chi connectivity index (χ4v) is 2.15. The van der Waals surface area contributed by atoms with Gasteiger partial charge >= 0.3 is 0 Å². The van der Waals surface area contributed by atoms with Crippen molar-refractivity contribution in [2.45, 2.75) is 32.0 Å². The van der Waals surface area contributed by atoms with Crippen molar-refractivity contribution in [2.24, 2.45) is 0 Å². The van der Waals surface area contributed by atoms with E-state index in [0.29, 0.717) is 23.0 Å². The summed E-state index contributed by atoms with van der Waals surface area (Å²) in [7, 11) is 0. The van der Waals surface area contributed by atoms with Crippen molar-refractivity contribution in [2.75, 3.05) is 24.3 Å². The fourth-order valence-electron chi connectivity index (χ4n) is 1.97. The Morgan fingerprint density at radius 1 is 1.65 bits per heavy atom. The minimum Gasteiger partial charge on any atom is -0.397 e. The summed E-state index contributed by atoms with van der Waals surface area (Å²) in [6.45, 7) is 2.90. The molecular weight excluding hydrogens is 280 g/mol. The van der Waals surface area contributed by atoms with Gasteiger partial charge in [0.1, 0.15) is 6.10 Å². The molecule has 2 rings (SSSR count). The summed E-state index contributed by atoms with van der Waals surface area (Å²) in [5.74, 6) is -0.253. The van der Waals surface area contributed by atoms with Gasteiger partial charge in [0.25, 0.3) is 5.91 Å². The molecule has 1 aliphatic heterocycles. The van der Waals surface area contributed by atoms with Crippen LogP contribution in [0.5, 0.6) is 0 Å². The molecule has 1 aromatic carbocycles. The second kappa shape index (κ2) is 6.92. The zero-order chi connectivity index (χ0) is 14.5. The average Bonchev–Trinajstić information content (AvgIpc) is 2.93. The molecule has 2 unspecified atom stereocenters. The van der Waals surface area contributed by atoms with E-state index < -0.39 is 6.10 Å². The average molecular weight is 299 g/mol. The van der Waals surface area contributed by atoms with Crippen LogP contribution in [-0.2, 0) is 14.3 Å². The van der Waals surface area contributed by atoms with Crippen molar-refractivity contribution in [1.29, 1.82) is 0 Å². The van der Waals surface area contributed by atoms with Gasteiger partial charge in [-0.1, -0.05) is 11.6 Å². The molecule has 0 saturated carbocycles. The summed E-state index contributed by atoms with van der Waals surface area (Å²) in [6, 6.07) is 4.93. The van der Waals surface area contributed by atoms with Crippen LogP contribution >= 0.6 is 11.6 Å². The number of halogens is 1. The number of carbonyl (C=O) groups is 1. The van der Waals surface area contributed by atoms with Crippen molar-refractivity contribution >= 4 is 28.9 Å². The SMILES string of the molecule is CC(OCC1CCCO1)C(=O)Nc1cc(Cl)ccc1N. The number of nitrogen functional groups attached to an aromatic ring is 1. The highest BCUT2D eigenvalue weighted by Gasteiger charge is 2.20. The normalized spacial score (nSPS) is 19.8. The number of nitrogens with two attached hydrogens (primary N) is 1. The summed E-state index contributed by atoms with van der Waals surface area (Å²) < 4.78 is 11.0. The van der Waals surface area contributed by atoms with Gasteiger partial charge in [0.05, 0.1) is 24.1 Å². The molecular formula is C14H19ClN2O3. The van der Waals surface area contributed by atoms with Gasteiger partial charge in [-0.05, 0) is 38.0 Å². The Labute approximate surface area is 123 Å². The topological polar surface area (TPSA) is 73.6 Å². The summed E-state index contributed by atoms with van der Waals surface area (Å²) in [6.07, 6.45) is 1.56. The molecule has 1 amide bonds. The maximum absolute atomic E-state index is 12.0. The first kappa shape index (κ1) is 15.1. The lowest BCUT2D eigenvalue weighted by Crippen LogP contribution is -2.30. The summed E-state index contributed by atoms with van der Waals surface area (Å²) in [5, 5.41) is 3.23. The molecule has 1 fully saturated rings. The van der Waals surface area contributed by atoms with E-state index in [4.69, 9.17) is 26.8 Å². The van der Waals surface area contributed by atoms with Crippen LogP contribution in [0, 0.1) is 0 Å². The Kier molecular flexibility index (Phi) is 5.23. The van der Waals surface area contributed by atoms with Gasteiger partial charge in [-0.3, -0.25) is 4.79 Å². The van der Waals surface area contributed by atoms with E-state index in [-0.39, 0.29) is 12.0 Å². The van der Waals surface area contributed by atoms with E-state index in [9.17, 15) is 4.79 Å². The molecule has 20 heavy (non-hydrogen) atoms. The quantitative estimate of drug-likeness (QED) is 0.819. The van der Waals surface area contributed by atoms with Crippen molar-refractivity contribution in [1.82, 2.24) is 0 Å². The van der Waals surface area contributed by atoms with E-state index in [1.807, 2.05) is 0 Å². The van der Waals surface area contributed by atoms with Gasteiger partial charge in [-0.25, -0.2) is 0 Å². The number of benzene rings is 1. The van der Waals surface area contributed by atoms with Crippen LogP contribution in [0.25, 0.3) is 0 Å². The number of rotatable bonds is 5. The third-order valence-corrected chi connectivity index (χ3v) is 3.43. The van der Waals surface area contributed by atoms with Crippen LogP contribution in [0.4, 0.5) is 11.4 Å². The van der Waals surface area contributed by atoms with E-state index >= 15 is 0 Å². The lowest BCUT2D eigenvalue weighted by atomic mass is 10.2. The fraction of sp³-hybridized carbons (Fsp3) is 0.500. The van der Waals surface area contributed by atoms with Gasteiger partial charge in [-0.15, -0.1) is 0 Å². The highest BCUT2D eigenvalue weighted by atomic mass is 35.5. The second-order valence-electron chi connectivity index (χ2n) is 4.83. The third-order valence-electron chi connectivity index (χ3n) is 3.20. The van der Waals surface area contributed by atoms with Crippen molar-refractivity contribution in [3.8, 4) is 0 Å². The molecule has 0 aromatic heterocycles. The van der Waals surface area contributed by atoms with Crippen LogP contribution in [0.1, 0.15) is 19.8 Å². The molecule has 0 spiro atoms. The number of anilines is 2. The zero-order valence-electron chi connectivity index (χ0n) is 11.4. The predicted molar refractivity (Wildman–Crippen MR) is 78.9 cm³/mol. The maximum Gasteiger partial charge on any atom is 0.253 e. The van der Waals surface area contributed by atoms with Crippen LogP contribution in [0.15, 0.2) is 18.2 Å². The van der Waals surface area contributed by atoms with Crippen molar-refractivity contribution < 1.29 is 14.3 Å². The Balaban J connectivity index is 1.85. The van der Waals surface area contributed by atoms with Gasteiger partial charge in [0, 0.05) is 11.6 Å². The Morgan fingerprint density at radius 2 is 2.45 bits per heavy atom. The number of hydrogen-bond donors (Lipinski definition) is 2. The molecule has 6 heteroatoms. The number of carbonyl (C=O) groups excluding carboxylic acids is 1. The molecule has 0 radical (unpaired) electrons. The molecule has 5 nitrogen and oxygen atoms in total. The lowest BCUT2D eigenvalue weighted by Gasteiger charge is -2.16. The number of ether oxygens (including phenoxy) is 2. The molecule has 1 aliphatic rings. The summed E-state index contributed by atoms with van der Waals surface area (Å²) in [5.41, 5.74) is 6.74. The smallest absolute Gasteiger partial charge is 0.253 e. The number of nitrogens with one attached hydrogen (secondary N) is 1. The first-order valence-corrected chi connectivity index (χ1v) is 7.03. The highest BCUT2D eigenvalue weighted by Crippen LogP contribution is 2.23. The predicted octanol–water partition coefficient (Wildman–Crippen LogP) is 2.44. The van der Waals surface area contributed by atoms with Crippen molar-refractivity contribution in [3.05, 3.63) is 23.2 Å². The van der Waals surface area contributed by atoms with Crippen molar-refractivity contribution in [3.63, 3.8) is 0 Å². The Hall–Kier alpha value is -1.30. The van der Waals surface area contributed by atoms with Gasteiger partial charge in [-0.2, -0.15) is 0 Å². The van der Waals surface area contributed by atoms with Gasteiger partial charge in [0.2, 0.25) is 0 Å². The van der Waals surface area contributed by atoms with E-state index in [0.717, 1.165) is 19.4 Å². The number of amides is 1. The first-order chi connectivity index (χ1) is 9.56. The van der Waals surface area contributed by atoms with Gasteiger partial charge in [0.15, 0.2) is 0 Å². The summed E-state index contributed by atoms with van der Waals surface area (Å²) in [4.78, 5) is 12.0. The van der Waals surface area contributed by atoms with Crippen LogP contribution < -0.4 is 11.1 Å². The van der Waals surface area contributed by atoms with Crippen LogP contribution in [0.2, 0.25) is 5.02 Å². The van der Waals surface area contributed by atoms with E-state index in [2.05, 4.69) is 5.32 Å². The zero-order valence-corrected chi connectivity index (χ0v) is 12.2. The standard InChI is InChI=1S/C14H19ClN2O3/c1-9(20-8-11-3-2-6-19-11)14(18)17-13-7-10(15)4-5-12(13)16/h4-5,7,9,11H,2-3,6,8,16H2,1H3,(H,17,18). The molecule has 2 atom stereocenters. The minimum atomic E-state index is -0.572. The lowest BCUT2D eigenvalue weighted by molar-refractivity contribution is -0.128. The Morgan fingerprint density at radius 3 is 3.15 bits per heavy atom. The monoisotopic (exact) mass is 298 g/mol. The largest absolute Gasteiger partial charge is 0.397 e. The maximum atomic E-state index is 12.0. The Bertz CT molecular complexity index is 475. The first-order valence-electron chi connectivity index (χ1n) is 6.65. The molecule has 0 aliphatic carbocycles. The van der Waals surface area contributed by atoms with Crippen LogP contribution in [0.3, 0.4) is 0 Å². The minimum absolute atomic E-state index is 0.0986. The third kappa shape index (κ3) is 4.10. The molecule has 110 valence electrons.